The number of likely N-dealkylation sites (tertiary alicyclic amines) is 1. The molecule has 29 heavy (non-hydrogen) atoms. The van der Waals surface area contributed by atoms with Gasteiger partial charge in [0, 0.05) is 25.6 Å². The third-order valence-corrected chi connectivity index (χ3v) is 5.61. The van der Waals surface area contributed by atoms with Gasteiger partial charge in [0.15, 0.2) is 0 Å². The summed E-state index contributed by atoms with van der Waals surface area (Å²) in [6.45, 7) is 6.76. The van der Waals surface area contributed by atoms with Gasteiger partial charge in [-0.3, -0.25) is 4.79 Å². The summed E-state index contributed by atoms with van der Waals surface area (Å²) < 4.78 is 16.6. The number of nitrogens with one attached hydrogen (secondary N) is 1. The van der Waals surface area contributed by atoms with Gasteiger partial charge in [0.25, 0.3) is 5.91 Å². The summed E-state index contributed by atoms with van der Waals surface area (Å²) in [6, 6.07) is 1.28. The molecule has 1 fully saturated rings. The molecule has 0 spiro atoms. The molecule has 2 heterocycles. The van der Waals surface area contributed by atoms with Crippen molar-refractivity contribution in [1.29, 1.82) is 0 Å². The second-order valence-corrected chi connectivity index (χ2v) is 8.36. The Bertz CT molecular complexity index is 814. The number of anilines is 1. The average Bonchev–Trinajstić information content (AvgIpc) is 3.00. The third kappa shape index (κ3) is 4.38. The number of methoxy groups -OCH3 is 1. The van der Waals surface area contributed by atoms with E-state index < -0.39 is 5.60 Å². The van der Waals surface area contributed by atoms with Gasteiger partial charge < -0.3 is 30.2 Å². The molecule has 0 radical (unpaired) electrons. The number of ether oxygens (including phenoxy) is 3. The van der Waals surface area contributed by atoms with Crippen molar-refractivity contribution in [2.45, 2.75) is 51.4 Å². The summed E-state index contributed by atoms with van der Waals surface area (Å²) in [6.07, 6.45) is 0.387. The highest BCUT2D eigenvalue weighted by Gasteiger charge is 2.38. The minimum atomic E-state index is -0.462. The summed E-state index contributed by atoms with van der Waals surface area (Å²) in [7, 11) is 1.56. The Labute approximate surface area is 175 Å². The van der Waals surface area contributed by atoms with E-state index in [1.165, 1.54) is 0 Å². The topological polar surface area (TPSA) is 103 Å². The Balaban J connectivity index is 1.77. The van der Waals surface area contributed by atoms with Gasteiger partial charge in [-0.15, -0.1) is 0 Å². The van der Waals surface area contributed by atoms with Crippen molar-refractivity contribution in [3.05, 3.63) is 22.2 Å². The molecular weight excluding hydrogens is 398 g/mol. The predicted octanol–water partition coefficient (Wildman–Crippen LogP) is 2.61. The van der Waals surface area contributed by atoms with Gasteiger partial charge in [-0.25, -0.2) is 4.79 Å². The lowest BCUT2D eigenvalue weighted by molar-refractivity contribution is 0.00450. The van der Waals surface area contributed by atoms with Crippen LogP contribution in [0.3, 0.4) is 0 Å². The summed E-state index contributed by atoms with van der Waals surface area (Å²) in [5, 5.41) is 3.34. The van der Waals surface area contributed by atoms with Crippen LogP contribution in [0, 0.1) is 0 Å². The van der Waals surface area contributed by atoms with Gasteiger partial charge in [0.1, 0.15) is 11.4 Å². The number of hydrogen-bond donors (Lipinski definition) is 2. The van der Waals surface area contributed by atoms with E-state index in [1.54, 1.807) is 25.0 Å². The number of piperidine rings is 1. The Hall–Kier alpha value is -2.19. The lowest BCUT2D eigenvalue weighted by Crippen LogP contribution is -2.56. The maximum Gasteiger partial charge on any atom is 0.409 e. The first-order valence-corrected chi connectivity index (χ1v) is 10.1. The number of carbonyl (C=O) groups is 2. The van der Waals surface area contributed by atoms with Crippen LogP contribution < -0.4 is 15.8 Å². The Morgan fingerprint density at radius 3 is 2.83 bits per heavy atom. The molecule has 2 aliphatic rings. The van der Waals surface area contributed by atoms with Gasteiger partial charge in [0.2, 0.25) is 0 Å². The molecule has 0 aliphatic carbocycles. The molecule has 3 rings (SSSR count). The number of amides is 2. The van der Waals surface area contributed by atoms with Crippen LogP contribution in [0.15, 0.2) is 6.07 Å². The molecule has 8 nitrogen and oxygen atoms in total. The predicted molar refractivity (Wildman–Crippen MR) is 110 cm³/mol. The highest BCUT2D eigenvalue weighted by molar-refractivity contribution is 6.33. The number of fused-ring (bicyclic) bond motifs is 1. The van der Waals surface area contributed by atoms with E-state index in [0.29, 0.717) is 54.6 Å². The van der Waals surface area contributed by atoms with Crippen LogP contribution in [0.2, 0.25) is 5.02 Å². The monoisotopic (exact) mass is 425 g/mol. The van der Waals surface area contributed by atoms with Crippen molar-refractivity contribution in [2.75, 3.05) is 32.5 Å². The fraction of sp³-hybridized carbons (Fsp3) is 0.600. The highest BCUT2D eigenvalue weighted by atomic mass is 35.5. The maximum atomic E-state index is 13.1. The van der Waals surface area contributed by atoms with Crippen LogP contribution in [-0.4, -0.2) is 61.5 Å². The molecule has 0 bridgehead atoms. The summed E-state index contributed by atoms with van der Waals surface area (Å²) in [4.78, 5) is 26.6. The van der Waals surface area contributed by atoms with Crippen LogP contribution >= 0.6 is 11.6 Å². The van der Waals surface area contributed by atoms with Crippen molar-refractivity contribution in [2.24, 2.45) is 0 Å². The quantitative estimate of drug-likeness (QED) is 0.719. The molecule has 1 saturated heterocycles. The van der Waals surface area contributed by atoms with Crippen molar-refractivity contribution < 1.29 is 23.8 Å². The van der Waals surface area contributed by atoms with Crippen LogP contribution in [-0.2, 0) is 15.9 Å². The molecular formula is C20H28ClN3O5. The van der Waals surface area contributed by atoms with E-state index in [2.05, 4.69) is 5.32 Å². The van der Waals surface area contributed by atoms with Crippen molar-refractivity contribution in [3.63, 3.8) is 0 Å². The number of halogens is 1. The third-order valence-electron chi connectivity index (χ3n) is 5.30. The molecule has 1 aromatic rings. The minimum Gasteiger partial charge on any atom is -0.486 e. The van der Waals surface area contributed by atoms with E-state index in [9.17, 15) is 9.59 Å². The molecule has 9 heteroatoms. The van der Waals surface area contributed by atoms with E-state index >= 15 is 0 Å². The normalized spacial score (nSPS) is 22.6. The molecule has 2 aliphatic heterocycles. The van der Waals surface area contributed by atoms with Gasteiger partial charge in [0.05, 0.1) is 41.6 Å². The van der Waals surface area contributed by atoms with Crippen LogP contribution in [0.1, 0.15) is 43.1 Å². The Morgan fingerprint density at radius 2 is 2.17 bits per heavy atom. The van der Waals surface area contributed by atoms with Crippen molar-refractivity contribution in [1.82, 2.24) is 10.2 Å². The SMILES string of the molecule is CCOC(=O)N1CC[C@H](NC(=O)c2cc(Cl)c(N)c3c2OC(C)(C)C3)[C@H](OC)C1. The molecule has 0 saturated carbocycles. The summed E-state index contributed by atoms with van der Waals surface area (Å²) in [5.41, 5.74) is 7.20. The molecule has 1 aromatic carbocycles. The molecule has 0 aromatic heterocycles. The van der Waals surface area contributed by atoms with E-state index in [0.717, 1.165) is 5.56 Å². The van der Waals surface area contributed by atoms with E-state index in [4.69, 9.17) is 31.5 Å². The Morgan fingerprint density at radius 1 is 1.45 bits per heavy atom. The second-order valence-electron chi connectivity index (χ2n) is 7.95. The standard InChI is InChI=1S/C20H28ClN3O5/c1-5-28-19(26)24-7-6-14(15(10-24)27-4)23-18(25)11-8-13(21)16(22)12-9-20(2,3)29-17(11)12/h8,14-15H,5-7,9-10,22H2,1-4H3,(H,23,25)/t14-,15+/m0/s1. The number of hydrogen-bond acceptors (Lipinski definition) is 6. The number of nitrogens with two attached hydrogens (primary N) is 1. The van der Waals surface area contributed by atoms with Crippen LogP contribution in [0.25, 0.3) is 0 Å². The number of benzene rings is 1. The summed E-state index contributed by atoms with van der Waals surface area (Å²) in [5.74, 6) is 0.171. The van der Waals surface area contributed by atoms with Gasteiger partial charge in [-0.1, -0.05) is 11.6 Å². The van der Waals surface area contributed by atoms with Crippen molar-refractivity contribution in [3.8, 4) is 5.75 Å². The molecule has 2 amide bonds. The summed E-state index contributed by atoms with van der Waals surface area (Å²) >= 11 is 6.27. The van der Waals surface area contributed by atoms with E-state index in [1.807, 2.05) is 13.8 Å². The zero-order chi connectivity index (χ0) is 21.3. The van der Waals surface area contributed by atoms with Crippen LogP contribution in [0.5, 0.6) is 5.75 Å². The number of rotatable bonds is 4. The lowest BCUT2D eigenvalue weighted by atomic mass is 9.98. The highest BCUT2D eigenvalue weighted by Crippen LogP contribution is 2.44. The maximum absolute atomic E-state index is 13.1. The molecule has 2 atom stereocenters. The zero-order valence-electron chi connectivity index (χ0n) is 17.2. The number of nitrogens with zero attached hydrogens (tertiary/aromatic N) is 1. The largest absolute Gasteiger partial charge is 0.486 e. The molecule has 160 valence electrons. The first kappa shape index (κ1) is 21.5. The van der Waals surface area contributed by atoms with Crippen LogP contribution in [0.4, 0.5) is 10.5 Å². The second kappa shape index (κ2) is 8.28. The number of nitrogen functional groups attached to an aromatic ring is 1. The molecule has 0 unspecified atom stereocenters. The minimum absolute atomic E-state index is 0.264. The van der Waals surface area contributed by atoms with Gasteiger partial charge >= 0.3 is 6.09 Å². The smallest absolute Gasteiger partial charge is 0.409 e. The first-order chi connectivity index (χ1) is 13.7. The zero-order valence-corrected chi connectivity index (χ0v) is 18.0. The van der Waals surface area contributed by atoms with E-state index in [-0.39, 0.29) is 24.1 Å². The average molecular weight is 426 g/mol. The van der Waals surface area contributed by atoms with Gasteiger partial charge in [-0.05, 0) is 33.3 Å². The first-order valence-electron chi connectivity index (χ1n) is 9.72. The fourth-order valence-corrected chi connectivity index (χ4v) is 4.07. The lowest BCUT2D eigenvalue weighted by Gasteiger charge is -2.37. The molecule has 3 N–H and O–H groups in total. The fourth-order valence-electron chi connectivity index (χ4n) is 3.85. The van der Waals surface area contributed by atoms with Gasteiger partial charge in [-0.2, -0.15) is 0 Å². The number of carbonyl (C=O) groups excluding carboxylic acids is 2. The Kier molecular flexibility index (Phi) is 6.14. The van der Waals surface area contributed by atoms with Crippen molar-refractivity contribution >= 4 is 29.3 Å².